The maximum Gasteiger partial charge on any atom is 0.412 e. The lowest BCUT2D eigenvalue weighted by molar-refractivity contribution is -0.134. The van der Waals surface area contributed by atoms with Gasteiger partial charge in [-0.2, -0.15) is 0 Å². The number of rotatable bonds is 11. The van der Waals surface area contributed by atoms with Gasteiger partial charge in [-0.1, -0.05) is 48.0 Å². The number of aryl methyl sites for hydroxylation is 1. The highest BCUT2D eigenvalue weighted by atomic mass is 35.5. The van der Waals surface area contributed by atoms with Gasteiger partial charge >= 0.3 is 6.09 Å². The van der Waals surface area contributed by atoms with Crippen molar-refractivity contribution in [1.29, 1.82) is 0 Å². The molecule has 0 bridgehead atoms. The van der Waals surface area contributed by atoms with E-state index in [1.165, 1.54) is 6.07 Å². The Balaban J connectivity index is 1.36. The molecule has 2 N–H and O–H groups in total. The molecule has 1 aliphatic rings. The standard InChI is InChI=1S/C29H33ClFN5O4/c1-35(26(37)12-11-20-8-4-10-24(31)28(20)30)23(9-5-14-36-15-13-32-18-27(36)38)19-40-29(39)34-25-16-21-6-2-3-7-22(21)17-33-25/h2-4,6-8,10,16-17,23,32H,5,9,11-15,18-19H2,1H3,(H,33,34,39)/t23-/m0/s1. The minimum atomic E-state index is -0.683. The highest BCUT2D eigenvalue weighted by molar-refractivity contribution is 6.31. The van der Waals surface area contributed by atoms with Crippen LogP contribution in [0.3, 0.4) is 0 Å². The van der Waals surface area contributed by atoms with E-state index in [0.29, 0.717) is 43.9 Å². The van der Waals surface area contributed by atoms with Crippen LogP contribution in [-0.4, -0.2) is 78.6 Å². The second-order valence-electron chi connectivity index (χ2n) is 9.71. The van der Waals surface area contributed by atoms with Gasteiger partial charge in [-0.05, 0) is 42.3 Å². The third kappa shape index (κ3) is 7.89. The molecule has 1 fully saturated rings. The third-order valence-electron chi connectivity index (χ3n) is 7.00. The van der Waals surface area contributed by atoms with Crippen molar-refractivity contribution < 1.29 is 23.5 Å². The van der Waals surface area contributed by atoms with Crippen molar-refractivity contribution in [3.63, 3.8) is 0 Å². The first-order valence-electron chi connectivity index (χ1n) is 13.3. The summed E-state index contributed by atoms with van der Waals surface area (Å²) in [5, 5.41) is 7.58. The summed E-state index contributed by atoms with van der Waals surface area (Å²) in [6, 6.07) is 13.5. The average molecular weight is 570 g/mol. The van der Waals surface area contributed by atoms with Crippen molar-refractivity contribution in [3.8, 4) is 0 Å². The molecule has 2 heterocycles. The quantitative estimate of drug-likeness (QED) is 0.358. The minimum absolute atomic E-state index is 0.0116. The summed E-state index contributed by atoms with van der Waals surface area (Å²) in [5.74, 6) is -0.323. The number of carbonyl (C=O) groups is 3. The van der Waals surface area contributed by atoms with Gasteiger partial charge in [-0.3, -0.25) is 14.9 Å². The lowest BCUT2D eigenvalue weighted by Crippen LogP contribution is -2.48. The van der Waals surface area contributed by atoms with Crippen LogP contribution in [0.1, 0.15) is 24.8 Å². The molecule has 0 saturated carbocycles. The molecule has 0 spiro atoms. The molecular formula is C29H33ClFN5O4. The zero-order valence-corrected chi connectivity index (χ0v) is 23.1. The average Bonchev–Trinajstić information content (AvgIpc) is 2.96. The molecule has 2 aromatic carbocycles. The van der Waals surface area contributed by atoms with E-state index in [2.05, 4.69) is 15.6 Å². The van der Waals surface area contributed by atoms with Crippen LogP contribution >= 0.6 is 11.6 Å². The Bertz CT molecular complexity index is 1360. The fourth-order valence-electron chi connectivity index (χ4n) is 4.62. The number of piperazine rings is 1. The van der Waals surface area contributed by atoms with Crippen LogP contribution in [0.2, 0.25) is 5.02 Å². The van der Waals surface area contributed by atoms with Gasteiger partial charge in [-0.15, -0.1) is 0 Å². The molecule has 4 rings (SSSR count). The smallest absolute Gasteiger partial charge is 0.412 e. The van der Waals surface area contributed by atoms with E-state index in [1.807, 2.05) is 24.3 Å². The number of carbonyl (C=O) groups excluding carboxylic acids is 3. The second kappa shape index (κ2) is 14.0. The summed E-state index contributed by atoms with van der Waals surface area (Å²) in [7, 11) is 1.66. The molecule has 0 aliphatic carbocycles. The molecule has 1 aromatic heterocycles. The zero-order valence-electron chi connectivity index (χ0n) is 22.4. The van der Waals surface area contributed by atoms with Crippen LogP contribution in [0.5, 0.6) is 0 Å². The summed E-state index contributed by atoms with van der Waals surface area (Å²) >= 11 is 6.05. The number of anilines is 1. The fourth-order valence-corrected chi connectivity index (χ4v) is 4.84. The van der Waals surface area contributed by atoms with E-state index in [9.17, 15) is 18.8 Å². The Hall–Kier alpha value is -3.76. The van der Waals surface area contributed by atoms with Crippen molar-refractivity contribution in [2.24, 2.45) is 0 Å². The molecule has 1 aliphatic heterocycles. The number of nitrogens with one attached hydrogen (secondary N) is 2. The first-order valence-corrected chi connectivity index (χ1v) is 13.6. The summed E-state index contributed by atoms with van der Waals surface area (Å²) in [6.07, 6.45) is 2.51. The fraction of sp³-hybridized carbons (Fsp3) is 0.379. The third-order valence-corrected chi connectivity index (χ3v) is 7.42. The maximum atomic E-state index is 13.8. The molecule has 11 heteroatoms. The molecular weight excluding hydrogens is 537 g/mol. The molecule has 40 heavy (non-hydrogen) atoms. The van der Waals surface area contributed by atoms with Gasteiger partial charge in [-0.25, -0.2) is 14.2 Å². The topological polar surface area (TPSA) is 104 Å². The number of nitrogens with zero attached hydrogens (tertiary/aromatic N) is 3. The van der Waals surface area contributed by atoms with Gasteiger partial charge in [0.15, 0.2) is 0 Å². The van der Waals surface area contributed by atoms with Gasteiger partial charge < -0.3 is 19.9 Å². The van der Waals surface area contributed by atoms with Crippen LogP contribution < -0.4 is 10.6 Å². The Morgan fingerprint density at radius 2 is 2.02 bits per heavy atom. The van der Waals surface area contributed by atoms with Crippen molar-refractivity contribution in [1.82, 2.24) is 20.1 Å². The van der Waals surface area contributed by atoms with Crippen LogP contribution in [0.25, 0.3) is 10.8 Å². The maximum absolute atomic E-state index is 13.8. The van der Waals surface area contributed by atoms with Gasteiger partial charge in [0.1, 0.15) is 18.2 Å². The minimum Gasteiger partial charge on any atom is -0.447 e. The molecule has 1 atom stereocenters. The molecule has 3 amide bonds. The van der Waals surface area contributed by atoms with E-state index in [0.717, 1.165) is 17.3 Å². The predicted octanol–water partition coefficient (Wildman–Crippen LogP) is 4.25. The van der Waals surface area contributed by atoms with Crippen LogP contribution in [0, 0.1) is 5.82 Å². The SMILES string of the molecule is CN(C(=O)CCc1cccc(F)c1Cl)[C@@H](CCCN1CCNCC1=O)COC(=O)Nc1cc2ccccc2cn1. The molecule has 9 nitrogen and oxygen atoms in total. The largest absolute Gasteiger partial charge is 0.447 e. The van der Waals surface area contributed by atoms with Crippen LogP contribution in [-0.2, 0) is 20.7 Å². The summed E-state index contributed by atoms with van der Waals surface area (Å²) < 4.78 is 19.3. The number of halogens is 2. The van der Waals surface area contributed by atoms with Gasteiger partial charge in [0.2, 0.25) is 11.8 Å². The summed E-state index contributed by atoms with van der Waals surface area (Å²) in [4.78, 5) is 45.4. The van der Waals surface area contributed by atoms with Crippen molar-refractivity contribution in [2.45, 2.75) is 31.7 Å². The number of hydrogen-bond donors (Lipinski definition) is 2. The number of aromatic nitrogens is 1. The first kappa shape index (κ1) is 29.2. The monoisotopic (exact) mass is 569 g/mol. The molecule has 212 valence electrons. The molecule has 3 aromatic rings. The number of ether oxygens (including phenoxy) is 1. The lowest BCUT2D eigenvalue weighted by atomic mass is 10.1. The van der Waals surface area contributed by atoms with E-state index in [4.69, 9.17) is 16.3 Å². The van der Waals surface area contributed by atoms with E-state index >= 15 is 0 Å². The summed E-state index contributed by atoms with van der Waals surface area (Å²) in [6.45, 7) is 2.19. The number of hydrogen-bond acceptors (Lipinski definition) is 6. The Morgan fingerprint density at radius 3 is 2.83 bits per heavy atom. The summed E-state index contributed by atoms with van der Waals surface area (Å²) in [5.41, 5.74) is 0.552. The first-order chi connectivity index (χ1) is 19.3. The van der Waals surface area contributed by atoms with Crippen molar-refractivity contribution in [2.75, 3.05) is 45.2 Å². The number of benzene rings is 2. The Kier molecular flexibility index (Phi) is 10.3. The van der Waals surface area contributed by atoms with Crippen LogP contribution in [0.15, 0.2) is 54.7 Å². The zero-order chi connectivity index (χ0) is 28.5. The van der Waals surface area contributed by atoms with Gasteiger partial charge in [0, 0.05) is 44.7 Å². The van der Waals surface area contributed by atoms with Crippen molar-refractivity contribution >= 4 is 46.1 Å². The van der Waals surface area contributed by atoms with E-state index in [-0.39, 0.29) is 36.3 Å². The number of pyridine rings is 1. The lowest BCUT2D eigenvalue weighted by Gasteiger charge is -2.30. The Morgan fingerprint density at radius 1 is 1.23 bits per heavy atom. The van der Waals surface area contributed by atoms with E-state index in [1.54, 1.807) is 41.2 Å². The molecule has 1 saturated heterocycles. The highest BCUT2D eigenvalue weighted by Crippen LogP contribution is 2.22. The highest BCUT2D eigenvalue weighted by Gasteiger charge is 2.24. The van der Waals surface area contributed by atoms with Crippen LogP contribution in [0.4, 0.5) is 15.0 Å². The van der Waals surface area contributed by atoms with Crippen molar-refractivity contribution in [3.05, 3.63) is 71.1 Å². The number of amides is 3. The van der Waals surface area contributed by atoms with E-state index < -0.39 is 18.0 Å². The molecule has 0 radical (unpaired) electrons. The van der Waals surface area contributed by atoms with Gasteiger partial charge in [0.25, 0.3) is 0 Å². The number of fused-ring (bicyclic) bond motifs is 1. The molecule has 0 unspecified atom stereocenters. The number of likely N-dealkylation sites (N-methyl/N-ethyl adjacent to an activating group) is 1. The second-order valence-corrected chi connectivity index (χ2v) is 10.1. The normalized spacial score (nSPS) is 14.2. The Labute approximate surface area is 237 Å². The van der Waals surface area contributed by atoms with Gasteiger partial charge in [0.05, 0.1) is 17.6 Å². The predicted molar refractivity (Wildman–Crippen MR) is 152 cm³/mol.